The van der Waals surface area contributed by atoms with E-state index in [-0.39, 0.29) is 0 Å². The molecule has 1 aromatic heterocycles. The predicted molar refractivity (Wildman–Crippen MR) is 63.3 cm³/mol. The van der Waals surface area contributed by atoms with Crippen LogP contribution in [-0.4, -0.2) is 28.8 Å². The summed E-state index contributed by atoms with van der Waals surface area (Å²) in [6.07, 6.45) is 2.51. The summed E-state index contributed by atoms with van der Waals surface area (Å²) in [5.74, 6) is 0. The molecule has 1 fully saturated rings. The Bertz CT molecular complexity index is 515. The Balaban J connectivity index is 2.03. The van der Waals surface area contributed by atoms with Crippen LogP contribution >= 0.6 is 0 Å². The first kappa shape index (κ1) is 9.75. The summed E-state index contributed by atoms with van der Waals surface area (Å²) in [5.41, 5.74) is 1.61. The van der Waals surface area contributed by atoms with E-state index in [1.807, 2.05) is 30.5 Å². The molecule has 0 atom stereocenters. The highest BCUT2D eigenvalue weighted by Crippen LogP contribution is 2.23. The van der Waals surface area contributed by atoms with Crippen molar-refractivity contribution >= 4 is 10.9 Å². The highest BCUT2D eigenvalue weighted by Gasteiger charge is 2.34. The van der Waals surface area contributed by atoms with E-state index in [0.29, 0.717) is 19.5 Å². The van der Waals surface area contributed by atoms with E-state index >= 15 is 0 Å². The van der Waals surface area contributed by atoms with Gasteiger partial charge in [-0.25, -0.2) is 0 Å². The zero-order chi connectivity index (χ0) is 11.0. The number of nitrogens with zero attached hydrogens (tertiary/aromatic N) is 1. The number of β-amino-alcohol motifs (C(OH)–C–C–N with tert-alkyl or cyclic N) is 1. The monoisotopic (exact) mass is 214 g/mol. The minimum absolute atomic E-state index is 0.565. The Morgan fingerprint density at radius 2 is 2.06 bits per heavy atom. The van der Waals surface area contributed by atoms with Crippen LogP contribution in [0.4, 0.5) is 0 Å². The summed E-state index contributed by atoms with van der Waals surface area (Å²) < 4.78 is 0. The smallest absolute Gasteiger partial charge is 0.0935 e. The number of pyridine rings is 1. The van der Waals surface area contributed by atoms with Crippen molar-refractivity contribution in [2.75, 3.05) is 13.1 Å². The molecule has 16 heavy (non-hydrogen) atoms. The number of para-hydroxylation sites is 1. The number of nitrogens with one attached hydrogen (secondary N) is 1. The average molecular weight is 214 g/mol. The molecular formula is C13H14N2O. The molecule has 1 aromatic carbocycles. The van der Waals surface area contributed by atoms with Crippen LogP contribution in [0.1, 0.15) is 5.56 Å². The van der Waals surface area contributed by atoms with Crippen LogP contribution < -0.4 is 5.32 Å². The molecule has 3 nitrogen and oxygen atoms in total. The van der Waals surface area contributed by atoms with E-state index in [1.54, 1.807) is 0 Å². The topological polar surface area (TPSA) is 45.2 Å². The predicted octanol–water partition coefficient (Wildman–Crippen LogP) is 1.11. The fourth-order valence-electron chi connectivity index (χ4n) is 2.20. The fourth-order valence-corrected chi connectivity index (χ4v) is 2.20. The second kappa shape index (κ2) is 3.54. The van der Waals surface area contributed by atoms with Crippen LogP contribution in [0.15, 0.2) is 36.5 Å². The molecule has 2 aromatic rings. The molecule has 1 saturated heterocycles. The van der Waals surface area contributed by atoms with Gasteiger partial charge in [-0.3, -0.25) is 4.98 Å². The third-order valence-electron chi connectivity index (χ3n) is 3.17. The van der Waals surface area contributed by atoms with Gasteiger partial charge in [0.1, 0.15) is 0 Å². The third kappa shape index (κ3) is 1.58. The highest BCUT2D eigenvalue weighted by atomic mass is 16.3. The van der Waals surface area contributed by atoms with Crippen molar-refractivity contribution in [2.24, 2.45) is 0 Å². The third-order valence-corrected chi connectivity index (χ3v) is 3.17. The summed E-state index contributed by atoms with van der Waals surface area (Å²) >= 11 is 0. The van der Waals surface area contributed by atoms with Gasteiger partial charge in [-0.15, -0.1) is 0 Å². The maximum atomic E-state index is 10.1. The van der Waals surface area contributed by atoms with Gasteiger partial charge in [0.15, 0.2) is 0 Å². The lowest BCUT2D eigenvalue weighted by atomic mass is 9.88. The number of hydrogen-bond donors (Lipinski definition) is 2. The molecule has 0 bridgehead atoms. The van der Waals surface area contributed by atoms with Gasteiger partial charge in [0.05, 0.1) is 11.1 Å². The molecule has 1 aliphatic rings. The van der Waals surface area contributed by atoms with E-state index in [1.165, 1.54) is 5.56 Å². The van der Waals surface area contributed by atoms with Crippen molar-refractivity contribution in [3.05, 3.63) is 42.1 Å². The Morgan fingerprint density at radius 1 is 1.25 bits per heavy atom. The number of aliphatic hydroxyl groups is 1. The second-order valence-corrected chi connectivity index (χ2v) is 4.49. The van der Waals surface area contributed by atoms with E-state index in [4.69, 9.17) is 0 Å². The van der Waals surface area contributed by atoms with Crippen LogP contribution in [0, 0.1) is 0 Å². The average Bonchev–Trinajstić information content (AvgIpc) is 2.27. The maximum Gasteiger partial charge on any atom is 0.0935 e. The van der Waals surface area contributed by atoms with Gasteiger partial charge in [0.25, 0.3) is 0 Å². The minimum Gasteiger partial charge on any atom is -0.387 e. The molecule has 0 aliphatic carbocycles. The first-order valence-corrected chi connectivity index (χ1v) is 5.53. The number of benzene rings is 1. The van der Waals surface area contributed by atoms with Gasteiger partial charge < -0.3 is 10.4 Å². The summed E-state index contributed by atoms with van der Waals surface area (Å²) in [4.78, 5) is 4.32. The molecule has 2 heterocycles. The Labute approximate surface area is 94.1 Å². The molecule has 0 radical (unpaired) electrons. The van der Waals surface area contributed by atoms with Crippen molar-refractivity contribution in [1.82, 2.24) is 10.3 Å². The van der Waals surface area contributed by atoms with Crippen molar-refractivity contribution in [3.63, 3.8) is 0 Å². The zero-order valence-electron chi connectivity index (χ0n) is 8.98. The highest BCUT2D eigenvalue weighted by molar-refractivity contribution is 5.81. The molecule has 0 amide bonds. The minimum atomic E-state index is -0.565. The molecule has 0 spiro atoms. The lowest BCUT2D eigenvalue weighted by Crippen LogP contribution is -2.60. The van der Waals surface area contributed by atoms with Gasteiger partial charge in [-0.2, -0.15) is 0 Å². The first-order chi connectivity index (χ1) is 7.77. The van der Waals surface area contributed by atoms with Crippen LogP contribution in [-0.2, 0) is 6.42 Å². The Kier molecular flexibility index (Phi) is 2.16. The second-order valence-electron chi connectivity index (χ2n) is 4.49. The largest absolute Gasteiger partial charge is 0.387 e. The Hall–Kier alpha value is -1.45. The molecular weight excluding hydrogens is 200 g/mol. The maximum absolute atomic E-state index is 10.1. The summed E-state index contributed by atoms with van der Waals surface area (Å²) in [6, 6.07) is 10.1. The summed E-state index contributed by atoms with van der Waals surface area (Å²) in [6.45, 7) is 1.37. The number of fused-ring (bicyclic) bond motifs is 1. The molecule has 0 saturated carbocycles. The van der Waals surface area contributed by atoms with Crippen molar-refractivity contribution in [2.45, 2.75) is 12.0 Å². The van der Waals surface area contributed by atoms with E-state index < -0.39 is 5.60 Å². The van der Waals surface area contributed by atoms with E-state index in [0.717, 1.165) is 10.9 Å². The molecule has 2 N–H and O–H groups in total. The molecule has 3 heteroatoms. The summed E-state index contributed by atoms with van der Waals surface area (Å²) in [5, 5.41) is 14.4. The van der Waals surface area contributed by atoms with Crippen LogP contribution in [0.5, 0.6) is 0 Å². The van der Waals surface area contributed by atoms with Gasteiger partial charge in [-0.1, -0.05) is 18.2 Å². The molecule has 82 valence electrons. The lowest BCUT2D eigenvalue weighted by Gasteiger charge is -2.37. The molecule has 0 unspecified atom stereocenters. The van der Waals surface area contributed by atoms with Crippen LogP contribution in [0.2, 0.25) is 0 Å². The number of rotatable bonds is 2. The molecule has 3 rings (SSSR count). The lowest BCUT2D eigenvalue weighted by molar-refractivity contribution is -0.00875. The standard InChI is InChI=1S/C13H14N2O/c16-13(8-14-9-13)7-10-5-6-15-12-4-2-1-3-11(10)12/h1-6,14,16H,7-9H2. The van der Waals surface area contributed by atoms with E-state index in [2.05, 4.69) is 16.4 Å². The number of hydrogen-bond acceptors (Lipinski definition) is 3. The first-order valence-electron chi connectivity index (χ1n) is 5.53. The molecule has 1 aliphatic heterocycles. The summed E-state index contributed by atoms with van der Waals surface area (Å²) in [7, 11) is 0. The SMILES string of the molecule is OC1(Cc2ccnc3ccccc23)CNC1. The number of aromatic nitrogens is 1. The van der Waals surface area contributed by atoms with Crippen LogP contribution in [0.3, 0.4) is 0 Å². The van der Waals surface area contributed by atoms with Crippen molar-refractivity contribution < 1.29 is 5.11 Å². The van der Waals surface area contributed by atoms with Crippen molar-refractivity contribution in [1.29, 1.82) is 0 Å². The Morgan fingerprint density at radius 3 is 2.81 bits per heavy atom. The fraction of sp³-hybridized carbons (Fsp3) is 0.308. The van der Waals surface area contributed by atoms with Gasteiger partial charge in [0.2, 0.25) is 0 Å². The quantitative estimate of drug-likeness (QED) is 0.787. The zero-order valence-corrected chi connectivity index (χ0v) is 8.98. The van der Waals surface area contributed by atoms with Crippen molar-refractivity contribution in [3.8, 4) is 0 Å². The van der Waals surface area contributed by atoms with E-state index in [9.17, 15) is 5.11 Å². The van der Waals surface area contributed by atoms with Gasteiger partial charge in [0, 0.05) is 31.1 Å². The van der Waals surface area contributed by atoms with Gasteiger partial charge >= 0.3 is 0 Å². The normalized spacial score (nSPS) is 18.3. The van der Waals surface area contributed by atoms with Gasteiger partial charge in [-0.05, 0) is 17.7 Å². The van der Waals surface area contributed by atoms with Crippen LogP contribution in [0.25, 0.3) is 10.9 Å².